The molecule has 2 aromatic heterocycles. The summed E-state index contributed by atoms with van der Waals surface area (Å²) in [6.07, 6.45) is 0.231. The van der Waals surface area contributed by atoms with E-state index < -0.39 is 11.9 Å². The minimum Gasteiger partial charge on any atom is -0.481 e. The molecule has 8 nitrogen and oxygen atoms in total. The number of aromatic nitrogens is 1. The van der Waals surface area contributed by atoms with E-state index in [1.54, 1.807) is 30.3 Å². The van der Waals surface area contributed by atoms with Crippen molar-refractivity contribution < 1.29 is 14.3 Å². The average molecular weight is 476 g/mol. The van der Waals surface area contributed by atoms with Crippen LogP contribution in [0.5, 0.6) is 0 Å². The number of benzene rings is 2. The number of hydrogen-bond acceptors (Lipinski definition) is 4. The van der Waals surface area contributed by atoms with Gasteiger partial charge in [0.1, 0.15) is 28.9 Å². The predicted octanol–water partition coefficient (Wildman–Crippen LogP) is 3.75. The number of rotatable bonds is 6. The highest BCUT2D eigenvalue weighted by atomic mass is 35.5. The number of carboxylic acid groups (broad SMARTS) is 1. The summed E-state index contributed by atoms with van der Waals surface area (Å²) in [5.74, 6) is -1.61. The van der Waals surface area contributed by atoms with Crippen LogP contribution < -0.4 is 11.5 Å². The number of carbonyl (C=O) groups is 1. The molecule has 2 heterocycles. The summed E-state index contributed by atoms with van der Waals surface area (Å²) >= 11 is 0. The van der Waals surface area contributed by atoms with Crippen LogP contribution >= 0.6 is 24.8 Å². The molecule has 0 bridgehead atoms. The molecule has 0 spiro atoms. The Morgan fingerprint density at radius 1 is 1.00 bits per heavy atom. The lowest BCUT2D eigenvalue weighted by Gasteiger charge is -2.11. The van der Waals surface area contributed by atoms with E-state index in [0.29, 0.717) is 27.9 Å². The molecular formula is C22H23Cl2N5O3. The third kappa shape index (κ3) is 4.42. The van der Waals surface area contributed by atoms with Gasteiger partial charge in [-0.3, -0.25) is 15.6 Å². The van der Waals surface area contributed by atoms with Crippen LogP contribution in [0.25, 0.3) is 21.9 Å². The Morgan fingerprint density at radius 2 is 1.62 bits per heavy atom. The molecule has 4 rings (SSSR count). The number of aliphatic carboxylic acids is 1. The number of halogens is 2. The van der Waals surface area contributed by atoms with Gasteiger partial charge in [0.15, 0.2) is 0 Å². The van der Waals surface area contributed by atoms with Gasteiger partial charge < -0.3 is 25.6 Å². The van der Waals surface area contributed by atoms with Gasteiger partial charge in [-0.15, -0.1) is 24.8 Å². The molecule has 1 atom stereocenters. The Kier molecular flexibility index (Phi) is 7.23. The van der Waals surface area contributed by atoms with Gasteiger partial charge >= 0.3 is 5.97 Å². The molecular weight excluding hydrogens is 453 g/mol. The minimum atomic E-state index is -0.990. The lowest BCUT2D eigenvalue weighted by atomic mass is 10.00. The summed E-state index contributed by atoms with van der Waals surface area (Å²) in [5.41, 5.74) is 14.5. The minimum absolute atomic E-state index is 0. The summed E-state index contributed by atoms with van der Waals surface area (Å²) in [6.45, 7) is 0. The third-order valence-electron chi connectivity index (χ3n) is 5.36. The molecule has 0 fully saturated rings. The van der Waals surface area contributed by atoms with Crippen molar-refractivity contribution in [2.24, 2.45) is 18.5 Å². The Labute approximate surface area is 196 Å². The maximum atomic E-state index is 12.1. The van der Waals surface area contributed by atoms with Crippen LogP contribution in [0.3, 0.4) is 0 Å². The van der Waals surface area contributed by atoms with Crippen molar-refractivity contribution in [1.82, 2.24) is 4.57 Å². The van der Waals surface area contributed by atoms with E-state index in [1.165, 1.54) is 0 Å². The first kappa shape index (κ1) is 24.8. The Hall–Kier alpha value is -3.49. The maximum absolute atomic E-state index is 12.1. The van der Waals surface area contributed by atoms with Crippen LogP contribution in [0.1, 0.15) is 28.5 Å². The number of nitrogen functional groups attached to an aromatic ring is 2. The summed E-state index contributed by atoms with van der Waals surface area (Å²) in [6, 6.07) is 14.2. The Bertz CT molecular complexity index is 1340. The highest BCUT2D eigenvalue weighted by Gasteiger charge is 2.26. The highest BCUT2D eigenvalue weighted by molar-refractivity contribution is 5.99. The van der Waals surface area contributed by atoms with Gasteiger partial charge in [0, 0.05) is 41.2 Å². The quantitative estimate of drug-likeness (QED) is 0.212. The second kappa shape index (κ2) is 9.33. The number of nitrogens with two attached hydrogens (primary N) is 2. The van der Waals surface area contributed by atoms with Crippen LogP contribution in [0.15, 0.2) is 52.9 Å². The molecule has 7 N–H and O–H groups in total. The zero-order valence-electron chi connectivity index (χ0n) is 17.1. The molecule has 0 aliphatic heterocycles. The lowest BCUT2D eigenvalue weighted by molar-refractivity contribution is -0.139. The van der Waals surface area contributed by atoms with E-state index in [-0.39, 0.29) is 42.9 Å². The first-order valence-electron chi connectivity index (χ1n) is 9.28. The van der Waals surface area contributed by atoms with Crippen molar-refractivity contribution in [3.05, 3.63) is 71.1 Å². The number of amidine groups is 2. The van der Waals surface area contributed by atoms with E-state index in [1.807, 2.05) is 29.8 Å². The maximum Gasteiger partial charge on any atom is 0.314 e. The van der Waals surface area contributed by atoms with Gasteiger partial charge in [-0.05, 0) is 41.8 Å². The predicted molar refractivity (Wildman–Crippen MR) is 130 cm³/mol. The monoisotopic (exact) mass is 475 g/mol. The molecule has 2 aromatic carbocycles. The second-order valence-corrected chi connectivity index (χ2v) is 7.29. The smallest absolute Gasteiger partial charge is 0.314 e. The number of fused-ring (bicyclic) bond motifs is 2. The van der Waals surface area contributed by atoms with Gasteiger partial charge in [-0.25, -0.2) is 0 Å². The van der Waals surface area contributed by atoms with Gasteiger partial charge in [0.05, 0.1) is 0 Å². The van der Waals surface area contributed by atoms with Gasteiger partial charge in [0.2, 0.25) is 0 Å². The first-order valence-corrected chi connectivity index (χ1v) is 9.28. The van der Waals surface area contributed by atoms with Crippen molar-refractivity contribution in [3.8, 4) is 0 Å². The number of aryl methyl sites for hydroxylation is 1. The fraction of sp³-hybridized carbons (Fsp3) is 0.136. The van der Waals surface area contributed by atoms with Crippen molar-refractivity contribution >= 4 is 64.3 Å². The van der Waals surface area contributed by atoms with E-state index in [0.717, 1.165) is 16.6 Å². The molecule has 0 saturated carbocycles. The SMILES string of the molecule is Cl.Cl.Cn1c(CC(C(=O)O)c2cc3cc(C(=N)N)ccc3o2)cc2ccc(C(=N)N)cc21. The summed E-state index contributed by atoms with van der Waals surface area (Å²) < 4.78 is 7.73. The molecule has 0 radical (unpaired) electrons. The Morgan fingerprint density at radius 3 is 2.25 bits per heavy atom. The van der Waals surface area contributed by atoms with Crippen molar-refractivity contribution in [2.75, 3.05) is 0 Å². The fourth-order valence-electron chi connectivity index (χ4n) is 3.67. The van der Waals surface area contributed by atoms with Crippen LogP contribution in [-0.2, 0) is 18.3 Å². The zero-order chi connectivity index (χ0) is 21.6. The fourth-order valence-corrected chi connectivity index (χ4v) is 3.67. The molecule has 168 valence electrons. The van der Waals surface area contributed by atoms with Crippen molar-refractivity contribution in [1.29, 1.82) is 10.8 Å². The van der Waals surface area contributed by atoms with Gasteiger partial charge in [-0.1, -0.05) is 12.1 Å². The number of hydrogen-bond donors (Lipinski definition) is 5. The van der Waals surface area contributed by atoms with Gasteiger partial charge in [-0.2, -0.15) is 0 Å². The number of nitrogens with one attached hydrogen (secondary N) is 2. The van der Waals surface area contributed by atoms with Gasteiger partial charge in [0.25, 0.3) is 0 Å². The average Bonchev–Trinajstić information content (AvgIpc) is 3.25. The van der Waals surface area contributed by atoms with Crippen molar-refractivity contribution in [3.63, 3.8) is 0 Å². The topological polar surface area (TPSA) is 155 Å². The van der Waals surface area contributed by atoms with E-state index in [4.69, 9.17) is 26.7 Å². The van der Waals surface area contributed by atoms with E-state index in [2.05, 4.69) is 0 Å². The molecule has 4 aromatic rings. The largest absolute Gasteiger partial charge is 0.481 e. The lowest BCUT2D eigenvalue weighted by Crippen LogP contribution is -2.15. The normalized spacial score (nSPS) is 11.5. The van der Waals surface area contributed by atoms with Crippen LogP contribution in [0, 0.1) is 10.8 Å². The van der Waals surface area contributed by atoms with E-state index >= 15 is 0 Å². The molecule has 0 amide bonds. The number of nitrogens with zero attached hydrogens (tertiary/aromatic N) is 1. The summed E-state index contributed by atoms with van der Waals surface area (Å²) in [5, 5.41) is 26.7. The van der Waals surface area contributed by atoms with Crippen LogP contribution in [-0.4, -0.2) is 27.3 Å². The second-order valence-electron chi connectivity index (χ2n) is 7.29. The molecule has 32 heavy (non-hydrogen) atoms. The van der Waals surface area contributed by atoms with Crippen LogP contribution in [0.4, 0.5) is 0 Å². The molecule has 0 aliphatic rings. The zero-order valence-corrected chi connectivity index (χ0v) is 18.7. The number of furan rings is 1. The summed E-state index contributed by atoms with van der Waals surface area (Å²) in [7, 11) is 1.86. The molecule has 0 saturated heterocycles. The van der Waals surface area contributed by atoms with Crippen molar-refractivity contribution in [2.45, 2.75) is 12.3 Å². The highest BCUT2D eigenvalue weighted by Crippen LogP contribution is 2.30. The third-order valence-corrected chi connectivity index (χ3v) is 5.36. The Balaban J connectivity index is 0.00000181. The van der Waals surface area contributed by atoms with E-state index in [9.17, 15) is 9.90 Å². The molecule has 0 aliphatic carbocycles. The van der Waals surface area contributed by atoms with Crippen LogP contribution in [0.2, 0.25) is 0 Å². The molecule has 1 unspecified atom stereocenters. The summed E-state index contributed by atoms with van der Waals surface area (Å²) in [4.78, 5) is 12.1. The standard InChI is InChI=1S/C22H21N5O3.2ClH/c1-27-15(7-11-2-3-13(21(25)26)8-17(11)27)10-16(22(28)29)19-9-14-6-12(20(23)24)4-5-18(14)30-19;;/h2-9,16H,10H2,1H3,(H3,23,24)(H3,25,26)(H,28,29);2*1H. The number of carboxylic acids is 1. The molecule has 10 heteroatoms. The first-order chi connectivity index (χ1) is 14.2.